The smallest absolute Gasteiger partial charge is 0.412 e. The molecule has 12 heteroatoms. The quantitative estimate of drug-likeness (QED) is 0.124. The number of aromatic amines is 1. The molecule has 4 rings (SSSR count). The molecule has 2 aromatic heterocycles. The number of aromatic nitrogens is 2. The van der Waals surface area contributed by atoms with E-state index in [9.17, 15) is 23.2 Å². The summed E-state index contributed by atoms with van der Waals surface area (Å²) in [5.74, 6) is -1.99. The normalized spacial score (nSPS) is 10.5. The average Bonchev–Trinajstić information content (AvgIpc) is 3.46. The number of amides is 3. The topological polar surface area (TPSA) is 134 Å². The van der Waals surface area contributed by atoms with Crippen LogP contribution in [0.15, 0.2) is 79.3 Å². The largest absolute Gasteiger partial charge is 0.454 e. The van der Waals surface area contributed by atoms with Crippen molar-refractivity contribution in [1.82, 2.24) is 20.6 Å². The molecule has 0 unspecified atom stereocenters. The van der Waals surface area contributed by atoms with Crippen LogP contribution in [-0.4, -0.2) is 41.0 Å². The Morgan fingerprint density at radius 3 is 2.49 bits per heavy atom. The molecule has 0 saturated heterocycles. The summed E-state index contributed by atoms with van der Waals surface area (Å²) in [5, 5.41) is 7.79. The maximum absolute atomic E-state index is 14.6. The lowest BCUT2D eigenvalue weighted by Crippen LogP contribution is -2.29. The monoisotopic (exact) mass is 589 g/mol. The molecule has 2 aromatic carbocycles. The predicted octanol–water partition coefficient (Wildman–Crippen LogP) is 6.09. The number of halogens is 2. The van der Waals surface area contributed by atoms with E-state index in [2.05, 4.69) is 32.5 Å². The van der Waals surface area contributed by atoms with Crippen molar-refractivity contribution in [2.75, 3.05) is 18.4 Å². The molecule has 4 N–H and O–H groups in total. The minimum Gasteiger partial charge on any atom is -0.454 e. The third kappa shape index (κ3) is 8.49. The number of anilines is 1. The van der Waals surface area contributed by atoms with Crippen LogP contribution in [0.2, 0.25) is 0 Å². The molecule has 0 spiro atoms. The number of pyridine rings is 1. The lowest BCUT2D eigenvalue weighted by molar-refractivity contribution is 0.0952. The molecule has 0 saturated carbocycles. The molecular formula is C31H29F2N5O5. The van der Waals surface area contributed by atoms with Crippen molar-refractivity contribution in [1.29, 1.82) is 0 Å². The van der Waals surface area contributed by atoms with E-state index in [0.29, 0.717) is 36.5 Å². The summed E-state index contributed by atoms with van der Waals surface area (Å²) in [7, 11) is 0. The Morgan fingerprint density at radius 2 is 1.70 bits per heavy atom. The standard InChI is InChI=1S/C31H29F2N5O5/c1-18(2)42-31(41)36-11-4-10-35-29(39)21-14-26(37-17-21)27-16-22(9-12-34-27)43-28-15-20(6-8-24(28)33)30(40)38-25-13-19(3)5-7-23(25)32/h5-9,12-17,37H,1,4,10-11H2,2-3H3,(H,35,39)(H,36,41)(H,38,40). The minimum atomic E-state index is -0.710. The van der Waals surface area contributed by atoms with Crippen LogP contribution in [0.25, 0.3) is 11.4 Å². The summed E-state index contributed by atoms with van der Waals surface area (Å²) in [4.78, 5) is 43.9. The lowest BCUT2D eigenvalue weighted by atomic mass is 10.1. The van der Waals surface area contributed by atoms with E-state index in [1.807, 2.05) is 0 Å². The molecule has 0 radical (unpaired) electrons. The van der Waals surface area contributed by atoms with Gasteiger partial charge < -0.3 is 30.4 Å². The number of benzene rings is 2. The summed E-state index contributed by atoms with van der Waals surface area (Å²) in [6, 6.07) is 12.5. The van der Waals surface area contributed by atoms with Crippen molar-refractivity contribution in [3.05, 3.63) is 108 Å². The zero-order chi connectivity index (χ0) is 30.9. The summed E-state index contributed by atoms with van der Waals surface area (Å²) < 4.78 is 39.2. The number of ether oxygens (including phenoxy) is 2. The zero-order valence-corrected chi connectivity index (χ0v) is 23.4. The Morgan fingerprint density at radius 1 is 0.930 bits per heavy atom. The fraction of sp³-hybridized carbons (Fsp3) is 0.161. The van der Waals surface area contributed by atoms with Crippen LogP contribution in [0, 0.1) is 18.6 Å². The molecule has 2 heterocycles. The number of alkyl carbamates (subject to hydrolysis) is 1. The summed E-state index contributed by atoms with van der Waals surface area (Å²) in [5.41, 5.74) is 2.11. The predicted molar refractivity (Wildman–Crippen MR) is 156 cm³/mol. The highest BCUT2D eigenvalue weighted by atomic mass is 19.1. The van der Waals surface area contributed by atoms with Gasteiger partial charge in [0.15, 0.2) is 11.6 Å². The molecule has 0 fully saturated rings. The van der Waals surface area contributed by atoms with E-state index in [0.717, 1.165) is 11.6 Å². The number of nitrogens with one attached hydrogen (secondary N) is 4. The molecule has 0 aliphatic rings. The van der Waals surface area contributed by atoms with Gasteiger partial charge in [0.2, 0.25) is 0 Å². The van der Waals surface area contributed by atoms with Crippen LogP contribution < -0.4 is 20.7 Å². The van der Waals surface area contributed by atoms with Gasteiger partial charge in [-0.25, -0.2) is 13.6 Å². The van der Waals surface area contributed by atoms with Gasteiger partial charge in [0.25, 0.3) is 11.8 Å². The van der Waals surface area contributed by atoms with Crippen LogP contribution in [0.3, 0.4) is 0 Å². The minimum absolute atomic E-state index is 0.00693. The molecule has 43 heavy (non-hydrogen) atoms. The SMILES string of the molecule is C=C(C)OC(=O)NCCCNC(=O)c1c[nH]c(-c2cc(Oc3cc(C(=O)Nc4cc(C)ccc4F)ccc3F)ccn2)c1. The second-order valence-electron chi connectivity index (χ2n) is 9.49. The first kappa shape index (κ1) is 30.4. The number of hydrogen-bond donors (Lipinski definition) is 4. The van der Waals surface area contributed by atoms with Gasteiger partial charge in [0, 0.05) is 37.1 Å². The molecule has 10 nitrogen and oxygen atoms in total. The van der Waals surface area contributed by atoms with Crippen molar-refractivity contribution < 1.29 is 32.6 Å². The van der Waals surface area contributed by atoms with Crippen molar-refractivity contribution in [2.45, 2.75) is 20.3 Å². The summed E-state index contributed by atoms with van der Waals surface area (Å²) >= 11 is 0. The van der Waals surface area contributed by atoms with Gasteiger partial charge in [-0.15, -0.1) is 0 Å². The fourth-order valence-corrected chi connectivity index (χ4v) is 3.85. The molecule has 0 atom stereocenters. The van der Waals surface area contributed by atoms with Gasteiger partial charge in [0.05, 0.1) is 28.4 Å². The molecule has 3 amide bonds. The summed E-state index contributed by atoms with van der Waals surface area (Å²) in [6.07, 6.45) is 2.84. The van der Waals surface area contributed by atoms with Crippen molar-refractivity contribution in [2.24, 2.45) is 0 Å². The van der Waals surface area contributed by atoms with E-state index in [1.54, 1.807) is 26.0 Å². The van der Waals surface area contributed by atoms with E-state index < -0.39 is 23.6 Å². The molecule has 4 aromatic rings. The van der Waals surface area contributed by atoms with Crippen LogP contribution in [0.1, 0.15) is 39.6 Å². The van der Waals surface area contributed by atoms with E-state index >= 15 is 0 Å². The molecule has 222 valence electrons. The fourth-order valence-electron chi connectivity index (χ4n) is 3.85. The number of nitrogens with zero attached hydrogens (tertiary/aromatic N) is 1. The average molecular weight is 590 g/mol. The Hall–Kier alpha value is -5.52. The van der Waals surface area contributed by atoms with E-state index in [4.69, 9.17) is 9.47 Å². The number of rotatable bonds is 11. The third-order valence-corrected chi connectivity index (χ3v) is 5.92. The molecular weight excluding hydrogens is 560 g/mol. The second-order valence-corrected chi connectivity index (χ2v) is 9.49. The molecule has 0 bridgehead atoms. The first-order valence-corrected chi connectivity index (χ1v) is 13.2. The van der Waals surface area contributed by atoms with Gasteiger partial charge in [-0.05, 0) is 68.3 Å². The number of hydrogen-bond acceptors (Lipinski definition) is 6. The Bertz CT molecular complexity index is 1670. The number of allylic oxidation sites excluding steroid dienone is 1. The first-order chi connectivity index (χ1) is 20.6. The maximum Gasteiger partial charge on any atom is 0.412 e. The van der Waals surface area contributed by atoms with Crippen molar-refractivity contribution in [3.8, 4) is 22.9 Å². The Balaban J connectivity index is 1.37. The van der Waals surface area contributed by atoms with Gasteiger partial charge in [-0.2, -0.15) is 0 Å². The zero-order valence-electron chi connectivity index (χ0n) is 23.4. The second kappa shape index (κ2) is 13.9. The Labute approximate surface area is 246 Å². The molecule has 0 aliphatic carbocycles. The van der Waals surface area contributed by atoms with Crippen molar-refractivity contribution >= 4 is 23.6 Å². The summed E-state index contributed by atoms with van der Waals surface area (Å²) in [6.45, 7) is 7.42. The first-order valence-electron chi connectivity index (χ1n) is 13.2. The van der Waals surface area contributed by atoms with Crippen LogP contribution in [0.5, 0.6) is 11.5 Å². The number of aryl methyl sites for hydroxylation is 1. The number of carbonyl (C=O) groups excluding carboxylic acids is 3. The number of H-pyrrole nitrogens is 1. The van der Waals surface area contributed by atoms with Gasteiger partial charge in [0.1, 0.15) is 11.6 Å². The van der Waals surface area contributed by atoms with Crippen LogP contribution in [-0.2, 0) is 4.74 Å². The van der Waals surface area contributed by atoms with E-state index in [1.165, 1.54) is 48.8 Å². The lowest BCUT2D eigenvalue weighted by Gasteiger charge is -2.11. The van der Waals surface area contributed by atoms with Gasteiger partial charge in [-0.1, -0.05) is 12.6 Å². The number of carbonyl (C=O) groups is 3. The van der Waals surface area contributed by atoms with Gasteiger partial charge >= 0.3 is 6.09 Å². The highest BCUT2D eigenvalue weighted by molar-refractivity contribution is 6.04. The highest BCUT2D eigenvalue weighted by Crippen LogP contribution is 2.29. The third-order valence-electron chi connectivity index (χ3n) is 5.92. The van der Waals surface area contributed by atoms with Crippen LogP contribution in [0.4, 0.5) is 19.3 Å². The maximum atomic E-state index is 14.6. The highest BCUT2D eigenvalue weighted by Gasteiger charge is 2.15. The van der Waals surface area contributed by atoms with E-state index in [-0.39, 0.29) is 34.4 Å². The van der Waals surface area contributed by atoms with Crippen molar-refractivity contribution in [3.63, 3.8) is 0 Å². The van der Waals surface area contributed by atoms with Crippen LogP contribution >= 0.6 is 0 Å². The molecule has 0 aliphatic heterocycles. The Kier molecular flexibility index (Phi) is 9.84. The van der Waals surface area contributed by atoms with Gasteiger partial charge in [-0.3, -0.25) is 14.6 Å².